The number of hydrogen-bond donors (Lipinski definition) is 3. The van der Waals surface area contributed by atoms with Crippen LogP contribution in [0.2, 0.25) is 0 Å². The van der Waals surface area contributed by atoms with E-state index in [1.165, 1.54) is 16.9 Å². The third-order valence-electron chi connectivity index (χ3n) is 6.46. The van der Waals surface area contributed by atoms with Crippen molar-refractivity contribution >= 4 is 39.0 Å². The Morgan fingerprint density at radius 2 is 2.09 bits per heavy atom. The van der Waals surface area contributed by atoms with E-state index in [0.29, 0.717) is 10.6 Å². The van der Waals surface area contributed by atoms with Crippen molar-refractivity contribution in [2.75, 3.05) is 30.8 Å². The summed E-state index contributed by atoms with van der Waals surface area (Å²) >= 11 is 1.35. The number of nitrogens with zero attached hydrogens (tertiary/aromatic N) is 3. The van der Waals surface area contributed by atoms with E-state index in [4.69, 9.17) is 21.2 Å². The molecule has 32 heavy (non-hydrogen) atoms. The number of amides is 1. The van der Waals surface area contributed by atoms with Crippen molar-refractivity contribution in [1.29, 1.82) is 0 Å². The van der Waals surface area contributed by atoms with Crippen LogP contribution in [0.25, 0.3) is 10.2 Å². The zero-order valence-electron chi connectivity index (χ0n) is 18.3. The summed E-state index contributed by atoms with van der Waals surface area (Å²) in [5, 5.41) is 4.02. The molecule has 1 aliphatic carbocycles. The zero-order chi connectivity index (χ0) is 22.4. The summed E-state index contributed by atoms with van der Waals surface area (Å²) < 4.78 is 5.46. The molecule has 3 atom stereocenters. The average Bonchev–Trinajstić information content (AvgIpc) is 3.32. The van der Waals surface area contributed by atoms with Gasteiger partial charge in [0.25, 0.3) is 5.91 Å². The zero-order valence-corrected chi connectivity index (χ0v) is 19.1. The molecule has 0 aromatic carbocycles. The van der Waals surface area contributed by atoms with Gasteiger partial charge in [0.1, 0.15) is 15.5 Å². The lowest BCUT2D eigenvalue weighted by Gasteiger charge is -2.26. The van der Waals surface area contributed by atoms with Crippen LogP contribution in [-0.4, -0.2) is 54.3 Å². The average molecular weight is 453 g/mol. The lowest BCUT2D eigenvalue weighted by atomic mass is 9.91. The minimum atomic E-state index is -0.127. The Hall–Kier alpha value is -2.75. The number of carbonyl (C=O) groups is 1. The molecule has 1 fully saturated rings. The Morgan fingerprint density at radius 3 is 2.88 bits per heavy atom. The van der Waals surface area contributed by atoms with E-state index in [-0.39, 0.29) is 24.1 Å². The Labute approximate surface area is 191 Å². The fourth-order valence-corrected chi connectivity index (χ4v) is 5.69. The molecule has 0 radical (unpaired) electrons. The van der Waals surface area contributed by atoms with Crippen LogP contribution in [0.4, 0.5) is 11.5 Å². The molecule has 2 aliphatic rings. The second-order valence-corrected chi connectivity index (χ2v) is 9.68. The lowest BCUT2D eigenvalue weighted by molar-refractivity contribution is 0.0938. The maximum absolute atomic E-state index is 13.0. The van der Waals surface area contributed by atoms with Crippen molar-refractivity contribution in [2.45, 2.75) is 44.4 Å². The van der Waals surface area contributed by atoms with E-state index >= 15 is 0 Å². The predicted octanol–water partition coefficient (Wildman–Crippen LogP) is 2.03. The van der Waals surface area contributed by atoms with Gasteiger partial charge in [-0.05, 0) is 49.9 Å². The molecule has 3 aromatic heterocycles. The molecule has 1 saturated heterocycles. The Bertz CT molecular complexity index is 1180. The van der Waals surface area contributed by atoms with Gasteiger partial charge < -0.3 is 26.4 Å². The highest BCUT2D eigenvalue weighted by molar-refractivity contribution is 7.21. The number of fused-ring (bicyclic) bond motifs is 2. The standard InChI is InChI=1S/C23H28N6O2S/c1-12-3-6-15-20(25)21(32-23(15)26-12)22(30)27-14-5-7-17-13(9-14)4-8-19(28-17)29-10-16(24)18(11-29)31-2/h3-4,6,8,14,16,18H,5,7,9-11,24-25H2,1-2H3,(H,27,30)/t14-,16-,18-/m0/s1. The number of nitrogen functional groups attached to an aromatic ring is 1. The van der Waals surface area contributed by atoms with Crippen molar-refractivity contribution in [3.63, 3.8) is 0 Å². The molecule has 4 heterocycles. The van der Waals surface area contributed by atoms with Crippen molar-refractivity contribution in [3.8, 4) is 0 Å². The number of ether oxygens (including phenoxy) is 1. The number of methoxy groups -OCH3 is 1. The van der Waals surface area contributed by atoms with Gasteiger partial charge in [-0.15, -0.1) is 11.3 Å². The molecular weight excluding hydrogens is 424 g/mol. The van der Waals surface area contributed by atoms with Crippen LogP contribution in [0.15, 0.2) is 24.3 Å². The van der Waals surface area contributed by atoms with Gasteiger partial charge in [0.05, 0.1) is 17.8 Å². The number of anilines is 2. The fraction of sp³-hybridized carbons (Fsp3) is 0.435. The van der Waals surface area contributed by atoms with Gasteiger partial charge in [0.15, 0.2) is 0 Å². The van der Waals surface area contributed by atoms with Crippen LogP contribution in [0.1, 0.15) is 33.0 Å². The fourth-order valence-electron chi connectivity index (χ4n) is 4.64. The van der Waals surface area contributed by atoms with Crippen LogP contribution < -0.4 is 21.7 Å². The minimum Gasteiger partial charge on any atom is -0.397 e. The molecule has 5 N–H and O–H groups in total. The van der Waals surface area contributed by atoms with E-state index in [9.17, 15) is 4.79 Å². The van der Waals surface area contributed by atoms with E-state index in [2.05, 4.69) is 21.3 Å². The summed E-state index contributed by atoms with van der Waals surface area (Å²) in [6.07, 6.45) is 2.46. The molecule has 0 saturated carbocycles. The first-order valence-electron chi connectivity index (χ1n) is 10.9. The molecule has 3 aromatic rings. The van der Waals surface area contributed by atoms with Crippen molar-refractivity contribution < 1.29 is 9.53 Å². The number of nitrogens with one attached hydrogen (secondary N) is 1. The smallest absolute Gasteiger partial charge is 0.263 e. The topological polar surface area (TPSA) is 119 Å². The number of thiophene rings is 1. The SMILES string of the molecule is CO[C@H]1CN(c2ccc3c(n2)CC[C@H](NC(=O)c2sc4nc(C)ccc4c2N)C3)C[C@@H]1N. The number of nitrogens with two attached hydrogens (primary N) is 2. The largest absolute Gasteiger partial charge is 0.397 e. The van der Waals surface area contributed by atoms with Crippen molar-refractivity contribution in [2.24, 2.45) is 5.73 Å². The van der Waals surface area contributed by atoms with Gasteiger partial charge in [0.2, 0.25) is 0 Å². The van der Waals surface area contributed by atoms with E-state index in [1.807, 2.05) is 25.1 Å². The number of carbonyl (C=O) groups excluding carboxylic acids is 1. The van der Waals surface area contributed by atoms with E-state index < -0.39 is 0 Å². The Balaban J connectivity index is 1.28. The van der Waals surface area contributed by atoms with E-state index in [1.54, 1.807) is 7.11 Å². The van der Waals surface area contributed by atoms with Crippen molar-refractivity contribution in [3.05, 3.63) is 46.1 Å². The molecule has 1 amide bonds. The quantitative estimate of drug-likeness (QED) is 0.554. The second kappa shape index (κ2) is 8.31. The third kappa shape index (κ3) is 3.80. The molecule has 0 unspecified atom stereocenters. The molecule has 168 valence electrons. The van der Waals surface area contributed by atoms with Crippen LogP contribution in [0.3, 0.4) is 0 Å². The predicted molar refractivity (Wildman–Crippen MR) is 127 cm³/mol. The van der Waals surface area contributed by atoms with Crippen LogP contribution in [-0.2, 0) is 17.6 Å². The highest BCUT2D eigenvalue weighted by Crippen LogP contribution is 2.33. The van der Waals surface area contributed by atoms with Gasteiger partial charge in [-0.3, -0.25) is 4.79 Å². The summed E-state index contributed by atoms with van der Waals surface area (Å²) in [5.74, 6) is 0.819. The summed E-state index contributed by atoms with van der Waals surface area (Å²) in [5.41, 5.74) is 16.1. The molecule has 1 aliphatic heterocycles. The van der Waals surface area contributed by atoms with Gasteiger partial charge in [-0.1, -0.05) is 6.07 Å². The number of aryl methyl sites for hydroxylation is 2. The van der Waals surface area contributed by atoms with Crippen LogP contribution in [0, 0.1) is 6.92 Å². The number of rotatable bonds is 4. The lowest BCUT2D eigenvalue weighted by Crippen LogP contribution is -2.39. The molecule has 0 spiro atoms. The molecule has 0 bridgehead atoms. The molecule has 5 rings (SSSR count). The van der Waals surface area contributed by atoms with E-state index in [0.717, 1.165) is 59.8 Å². The Morgan fingerprint density at radius 1 is 1.25 bits per heavy atom. The van der Waals surface area contributed by atoms with Crippen LogP contribution in [0.5, 0.6) is 0 Å². The Kier molecular flexibility index (Phi) is 5.48. The van der Waals surface area contributed by atoms with Gasteiger partial charge in [0, 0.05) is 43.0 Å². The molecule has 8 nitrogen and oxygen atoms in total. The number of pyridine rings is 2. The first-order valence-corrected chi connectivity index (χ1v) is 11.7. The van der Waals surface area contributed by atoms with Gasteiger partial charge >= 0.3 is 0 Å². The summed E-state index contributed by atoms with van der Waals surface area (Å²) in [6, 6.07) is 8.08. The third-order valence-corrected chi connectivity index (χ3v) is 7.57. The maximum Gasteiger partial charge on any atom is 0.263 e. The van der Waals surface area contributed by atoms with Gasteiger partial charge in [-0.2, -0.15) is 0 Å². The van der Waals surface area contributed by atoms with Crippen molar-refractivity contribution in [1.82, 2.24) is 15.3 Å². The number of aromatic nitrogens is 2. The maximum atomic E-state index is 13.0. The first-order chi connectivity index (χ1) is 15.4. The highest BCUT2D eigenvalue weighted by atomic mass is 32.1. The number of hydrogen-bond acceptors (Lipinski definition) is 8. The summed E-state index contributed by atoms with van der Waals surface area (Å²) in [7, 11) is 1.70. The highest BCUT2D eigenvalue weighted by Gasteiger charge is 2.31. The normalized spacial score (nSPS) is 22.8. The molecular formula is C23H28N6O2S. The van der Waals surface area contributed by atoms with Crippen LogP contribution >= 0.6 is 11.3 Å². The summed E-state index contributed by atoms with van der Waals surface area (Å²) in [6.45, 7) is 3.43. The second-order valence-electron chi connectivity index (χ2n) is 8.68. The summed E-state index contributed by atoms with van der Waals surface area (Å²) in [4.78, 5) is 25.9. The minimum absolute atomic E-state index is 0.00197. The first kappa shape index (κ1) is 21.1. The van der Waals surface area contributed by atoms with Gasteiger partial charge in [-0.25, -0.2) is 9.97 Å². The molecule has 9 heteroatoms. The monoisotopic (exact) mass is 452 g/mol.